The van der Waals surface area contributed by atoms with Crippen LogP contribution in [0.2, 0.25) is 5.02 Å². The highest BCUT2D eigenvalue weighted by Crippen LogP contribution is 2.25. The number of hydrogen-bond donors (Lipinski definition) is 1. The van der Waals surface area contributed by atoms with Gasteiger partial charge in [0.2, 0.25) is 0 Å². The number of nitrogens with one attached hydrogen (secondary N) is 1. The van der Waals surface area contributed by atoms with Crippen molar-refractivity contribution in [2.45, 2.75) is 13.0 Å². The number of hydrogen-bond acceptors (Lipinski definition) is 2. The molecule has 4 heteroatoms. The van der Waals surface area contributed by atoms with Crippen molar-refractivity contribution in [3.63, 3.8) is 0 Å². The predicted molar refractivity (Wildman–Crippen MR) is 79.8 cm³/mol. The highest BCUT2D eigenvalue weighted by molar-refractivity contribution is 6.30. The second-order valence-electron chi connectivity index (χ2n) is 4.46. The van der Waals surface area contributed by atoms with Crippen molar-refractivity contribution in [2.75, 3.05) is 13.6 Å². The molecule has 106 valence electrons. The zero-order chi connectivity index (χ0) is 14.4. The third-order valence-electron chi connectivity index (χ3n) is 3.06. The largest absolute Gasteiger partial charge is 0.486 e. The average Bonchev–Trinajstić information content (AvgIpc) is 2.47. The molecule has 0 radical (unpaired) electrons. The summed E-state index contributed by atoms with van der Waals surface area (Å²) in [5, 5.41) is 3.19. The average molecular weight is 294 g/mol. The van der Waals surface area contributed by atoms with Crippen LogP contribution >= 0.6 is 11.6 Å². The summed E-state index contributed by atoms with van der Waals surface area (Å²) in [6.45, 7) is 1.22. The second kappa shape index (κ2) is 7.27. The molecule has 0 fully saturated rings. The van der Waals surface area contributed by atoms with Crippen LogP contribution < -0.4 is 10.1 Å². The fraction of sp³-hybridized carbons (Fsp3) is 0.250. The maximum absolute atomic E-state index is 13.7. The van der Waals surface area contributed by atoms with E-state index in [1.807, 2.05) is 25.2 Å². The first-order valence-electron chi connectivity index (χ1n) is 6.50. The van der Waals surface area contributed by atoms with Gasteiger partial charge in [0.25, 0.3) is 0 Å². The smallest absolute Gasteiger partial charge is 0.183 e. The molecule has 2 nitrogen and oxygen atoms in total. The van der Waals surface area contributed by atoms with Crippen LogP contribution in [0.5, 0.6) is 5.75 Å². The molecule has 0 bridgehead atoms. The fourth-order valence-electron chi connectivity index (χ4n) is 1.95. The first kappa shape index (κ1) is 14.8. The first-order chi connectivity index (χ1) is 9.72. The SMILES string of the molecule is CNCCc1ccccc1COc1cccc(Cl)c1F. The van der Waals surface area contributed by atoms with Gasteiger partial charge in [0, 0.05) is 0 Å². The molecule has 0 atom stereocenters. The van der Waals surface area contributed by atoms with Crippen LogP contribution in [0.4, 0.5) is 4.39 Å². The Morgan fingerprint density at radius 3 is 2.60 bits per heavy atom. The van der Waals surface area contributed by atoms with E-state index in [2.05, 4.69) is 11.4 Å². The number of halogens is 2. The van der Waals surface area contributed by atoms with Crippen molar-refractivity contribution in [3.05, 3.63) is 64.4 Å². The summed E-state index contributed by atoms with van der Waals surface area (Å²) >= 11 is 5.73. The van der Waals surface area contributed by atoms with Gasteiger partial charge in [-0.15, -0.1) is 0 Å². The minimum absolute atomic E-state index is 0.0750. The van der Waals surface area contributed by atoms with Gasteiger partial charge in [-0.1, -0.05) is 41.9 Å². The van der Waals surface area contributed by atoms with Crippen LogP contribution in [-0.2, 0) is 13.0 Å². The van der Waals surface area contributed by atoms with E-state index in [0.717, 1.165) is 18.5 Å². The second-order valence-corrected chi connectivity index (χ2v) is 4.87. The summed E-state index contributed by atoms with van der Waals surface area (Å²) in [6, 6.07) is 12.8. The van der Waals surface area contributed by atoms with Gasteiger partial charge in [-0.2, -0.15) is 0 Å². The van der Waals surface area contributed by atoms with E-state index in [-0.39, 0.29) is 10.8 Å². The van der Waals surface area contributed by atoms with Gasteiger partial charge in [0.1, 0.15) is 6.61 Å². The van der Waals surface area contributed by atoms with Gasteiger partial charge in [0.05, 0.1) is 5.02 Å². The molecule has 0 amide bonds. The third kappa shape index (κ3) is 3.71. The molecule has 2 aromatic rings. The maximum atomic E-state index is 13.7. The molecule has 0 heterocycles. The molecule has 0 saturated carbocycles. The van der Waals surface area contributed by atoms with Gasteiger partial charge < -0.3 is 10.1 Å². The van der Waals surface area contributed by atoms with Crippen LogP contribution in [-0.4, -0.2) is 13.6 Å². The number of rotatable bonds is 6. The molecular formula is C16H17ClFNO. The molecule has 0 aliphatic heterocycles. The Kier molecular flexibility index (Phi) is 5.39. The Balaban J connectivity index is 2.09. The Labute approximate surface area is 123 Å². The summed E-state index contributed by atoms with van der Waals surface area (Å²) in [5.41, 5.74) is 2.26. The molecule has 0 aliphatic carbocycles. The molecule has 1 N–H and O–H groups in total. The molecule has 0 aliphatic rings. The summed E-state index contributed by atoms with van der Waals surface area (Å²) in [4.78, 5) is 0. The number of likely N-dealkylation sites (N-methyl/N-ethyl adjacent to an activating group) is 1. The number of benzene rings is 2. The van der Waals surface area contributed by atoms with Crippen molar-refractivity contribution < 1.29 is 9.13 Å². The van der Waals surface area contributed by atoms with Crippen LogP contribution in [0.15, 0.2) is 42.5 Å². The standard InChI is InChI=1S/C16H17ClFNO/c1-19-10-9-12-5-2-3-6-13(12)11-20-15-8-4-7-14(17)16(15)18/h2-8,19H,9-11H2,1H3. The Morgan fingerprint density at radius 2 is 1.85 bits per heavy atom. The third-order valence-corrected chi connectivity index (χ3v) is 3.35. The monoisotopic (exact) mass is 293 g/mol. The van der Waals surface area contributed by atoms with Crippen LogP contribution in [0.3, 0.4) is 0 Å². The minimum Gasteiger partial charge on any atom is -0.486 e. The first-order valence-corrected chi connectivity index (χ1v) is 6.88. The zero-order valence-corrected chi connectivity index (χ0v) is 12.1. The summed E-state index contributed by atoms with van der Waals surface area (Å²) in [7, 11) is 1.92. The van der Waals surface area contributed by atoms with E-state index in [1.165, 1.54) is 11.6 Å². The Bertz CT molecular complexity index is 574. The van der Waals surface area contributed by atoms with Gasteiger partial charge in [-0.25, -0.2) is 4.39 Å². The van der Waals surface area contributed by atoms with Gasteiger partial charge in [0.15, 0.2) is 11.6 Å². The molecular weight excluding hydrogens is 277 g/mol. The minimum atomic E-state index is -0.512. The highest BCUT2D eigenvalue weighted by Gasteiger charge is 2.08. The van der Waals surface area contributed by atoms with Crippen molar-refractivity contribution in [3.8, 4) is 5.75 Å². The molecule has 0 spiro atoms. The van der Waals surface area contributed by atoms with Crippen LogP contribution in [0.25, 0.3) is 0 Å². The molecule has 0 aromatic heterocycles. The quantitative estimate of drug-likeness (QED) is 0.874. The van der Waals surface area contributed by atoms with Crippen molar-refractivity contribution in [1.29, 1.82) is 0 Å². The summed E-state index contributed by atoms with van der Waals surface area (Å²) < 4.78 is 19.3. The zero-order valence-electron chi connectivity index (χ0n) is 11.3. The van der Waals surface area contributed by atoms with Gasteiger partial charge in [-0.3, -0.25) is 0 Å². The Hall–Kier alpha value is -1.58. The molecule has 0 unspecified atom stereocenters. The summed E-state index contributed by atoms with van der Waals surface area (Å²) in [5.74, 6) is -0.331. The van der Waals surface area contributed by atoms with Gasteiger partial charge >= 0.3 is 0 Å². The van der Waals surface area contributed by atoms with Gasteiger partial charge in [-0.05, 0) is 43.3 Å². The summed E-state index contributed by atoms with van der Waals surface area (Å²) in [6.07, 6.45) is 0.911. The topological polar surface area (TPSA) is 21.3 Å². The van der Waals surface area contributed by atoms with Crippen molar-refractivity contribution in [2.24, 2.45) is 0 Å². The van der Waals surface area contributed by atoms with Crippen molar-refractivity contribution >= 4 is 11.6 Å². The lowest BCUT2D eigenvalue weighted by Gasteiger charge is -2.12. The van der Waals surface area contributed by atoms with E-state index in [4.69, 9.17) is 16.3 Å². The van der Waals surface area contributed by atoms with E-state index >= 15 is 0 Å². The maximum Gasteiger partial charge on any atom is 0.183 e. The number of ether oxygens (including phenoxy) is 1. The van der Waals surface area contributed by atoms with Crippen molar-refractivity contribution in [1.82, 2.24) is 5.32 Å². The van der Waals surface area contributed by atoms with Crippen LogP contribution in [0.1, 0.15) is 11.1 Å². The lowest BCUT2D eigenvalue weighted by atomic mass is 10.1. The van der Waals surface area contributed by atoms with E-state index < -0.39 is 5.82 Å². The van der Waals surface area contributed by atoms with Crippen LogP contribution in [0, 0.1) is 5.82 Å². The molecule has 2 rings (SSSR count). The lowest BCUT2D eigenvalue weighted by Crippen LogP contribution is -2.12. The molecule has 20 heavy (non-hydrogen) atoms. The fourth-order valence-corrected chi connectivity index (χ4v) is 2.12. The highest BCUT2D eigenvalue weighted by atomic mass is 35.5. The van der Waals surface area contributed by atoms with E-state index in [9.17, 15) is 4.39 Å². The van der Waals surface area contributed by atoms with E-state index in [1.54, 1.807) is 12.1 Å². The normalized spacial score (nSPS) is 10.6. The lowest BCUT2D eigenvalue weighted by molar-refractivity contribution is 0.289. The van der Waals surface area contributed by atoms with E-state index in [0.29, 0.717) is 6.61 Å². The Morgan fingerprint density at radius 1 is 1.10 bits per heavy atom. The predicted octanol–water partition coefficient (Wildman–Crippen LogP) is 3.82. The molecule has 2 aromatic carbocycles. The molecule has 0 saturated heterocycles.